The quantitative estimate of drug-likeness (QED) is 0.714. The van der Waals surface area contributed by atoms with E-state index in [1.165, 1.54) is 6.07 Å². The fraction of sp³-hybridized carbons (Fsp3) is 0.125. The fourth-order valence-corrected chi connectivity index (χ4v) is 1.67. The summed E-state index contributed by atoms with van der Waals surface area (Å²) >= 11 is 8.87. The molecule has 1 aromatic carbocycles. The van der Waals surface area contributed by atoms with Gasteiger partial charge >= 0.3 is 0 Å². The van der Waals surface area contributed by atoms with Crippen LogP contribution in [-0.4, -0.2) is 9.55 Å². The molecular formula is C8H5BrClFN2. The standard InChI is InChI=1S/C8H5BrClFN2/c1-13-7-2-4(9)5(11)3-6(7)12-8(13)10/h2-3H,1H3. The van der Waals surface area contributed by atoms with Gasteiger partial charge in [-0.05, 0) is 33.6 Å². The first-order valence-corrected chi connectivity index (χ1v) is 4.73. The van der Waals surface area contributed by atoms with E-state index in [2.05, 4.69) is 20.9 Å². The second kappa shape index (κ2) is 2.96. The topological polar surface area (TPSA) is 17.8 Å². The molecule has 2 rings (SSSR count). The molecule has 68 valence electrons. The Kier molecular flexibility index (Phi) is 2.04. The van der Waals surface area contributed by atoms with Crippen molar-refractivity contribution >= 4 is 38.6 Å². The molecule has 0 bridgehead atoms. The predicted octanol–water partition coefficient (Wildman–Crippen LogP) is 3.13. The molecule has 5 heteroatoms. The number of hydrogen-bond donors (Lipinski definition) is 0. The van der Waals surface area contributed by atoms with E-state index in [1.807, 2.05) is 0 Å². The summed E-state index contributed by atoms with van der Waals surface area (Å²) in [7, 11) is 1.78. The smallest absolute Gasteiger partial charge is 0.203 e. The number of nitrogens with zero attached hydrogens (tertiary/aromatic N) is 2. The number of rotatable bonds is 0. The first-order valence-electron chi connectivity index (χ1n) is 3.56. The van der Waals surface area contributed by atoms with Crippen LogP contribution in [-0.2, 0) is 7.05 Å². The van der Waals surface area contributed by atoms with E-state index in [9.17, 15) is 4.39 Å². The Labute approximate surface area is 87.5 Å². The highest BCUT2D eigenvalue weighted by Gasteiger charge is 2.08. The normalized spacial score (nSPS) is 11.1. The SMILES string of the molecule is Cn1c(Cl)nc2cc(F)c(Br)cc21. The molecule has 0 fully saturated rings. The van der Waals surface area contributed by atoms with Crippen LogP contribution in [0.2, 0.25) is 5.28 Å². The highest BCUT2D eigenvalue weighted by atomic mass is 79.9. The van der Waals surface area contributed by atoms with E-state index >= 15 is 0 Å². The van der Waals surface area contributed by atoms with Crippen molar-refractivity contribution in [1.29, 1.82) is 0 Å². The van der Waals surface area contributed by atoms with Crippen LogP contribution >= 0.6 is 27.5 Å². The molecule has 0 amide bonds. The maximum Gasteiger partial charge on any atom is 0.203 e. The predicted molar refractivity (Wildman–Crippen MR) is 53.4 cm³/mol. The first kappa shape index (κ1) is 8.97. The van der Waals surface area contributed by atoms with Gasteiger partial charge in [0, 0.05) is 13.1 Å². The minimum Gasteiger partial charge on any atom is -0.318 e. The van der Waals surface area contributed by atoms with Gasteiger partial charge in [-0.3, -0.25) is 0 Å². The molecule has 2 aromatic rings. The van der Waals surface area contributed by atoms with Crippen molar-refractivity contribution in [3.8, 4) is 0 Å². The largest absolute Gasteiger partial charge is 0.318 e. The Balaban J connectivity index is 2.89. The van der Waals surface area contributed by atoms with E-state index in [-0.39, 0.29) is 5.82 Å². The summed E-state index contributed by atoms with van der Waals surface area (Å²) in [6, 6.07) is 3.01. The molecule has 0 aliphatic heterocycles. The number of imidazole rings is 1. The number of fused-ring (bicyclic) bond motifs is 1. The molecule has 0 unspecified atom stereocenters. The van der Waals surface area contributed by atoms with E-state index in [0.29, 0.717) is 15.3 Å². The molecule has 0 atom stereocenters. The molecule has 0 saturated heterocycles. The highest BCUT2D eigenvalue weighted by molar-refractivity contribution is 9.10. The summed E-state index contributed by atoms with van der Waals surface area (Å²) in [5.74, 6) is -0.331. The summed E-state index contributed by atoms with van der Waals surface area (Å²) in [4.78, 5) is 3.98. The lowest BCUT2D eigenvalue weighted by molar-refractivity contribution is 0.623. The Bertz CT molecular complexity index is 480. The zero-order chi connectivity index (χ0) is 9.59. The molecule has 0 aliphatic rings. The van der Waals surface area contributed by atoms with Gasteiger partial charge in [-0.1, -0.05) is 0 Å². The van der Waals surface area contributed by atoms with Gasteiger partial charge < -0.3 is 4.57 Å². The van der Waals surface area contributed by atoms with Gasteiger partial charge in [-0.2, -0.15) is 0 Å². The molecule has 1 heterocycles. The van der Waals surface area contributed by atoms with Crippen LogP contribution in [0.25, 0.3) is 11.0 Å². The number of benzene rings is 1. The summed E-state index contributed by atoms with van der Waals surface area (Å²) in [5, 5.41) is 0.354. The minimum absolute atomic E-state index is 0.331. The summed E-state index contributed by atoms with van der Waals surface area (Å²) in [6.07, 6.45) is 0. The Morgan fingerprint density at radius 3 is 2.92 bits per heavy atom. The zero-order valence-corrected chi connectivity index (χ0v) is 9.02. The van der Waals surface area contributed by atoms with Crippen molar-refractivity contribution in [2.45, 2.75) is 0 Å². The van der Waals surface area contributed by atoms with E-state index < -0.39 is 0 Å². The molecule has 0 saturated carbocycles. The van der Waals surface area contributed by atoms with Gasteiger partial charge in [0.15, 0.2) is 0 Å². The molecule has 2 nitrogen and oxygen atoms in total. The first-order chi connectivity index (χ1) is 6.09. The van der Waals surface area contributed by atoms with Gasteiger partial charge in [0.2, 0.25) is 5.28 Å². The molecule has 0 spiro atoms. The van der Waals surface area contributed by atoms with Crippen LogP contribution < -0.4 is 0 Å². The minimum atomic E-state index is -0.331. The number of aromatic nitrogens is 2. The van der Waals surface area contributed by atoms with E-state index in [0.717, 1.165) is 5.52 Å². The number of halogens is 3. The van der Waals surface area contributed by atoms with Gasteiger partial charge in [0.1, 0.15) is 5.82 Å². The average Bonchev–Trinajstić information content (AvgIpc) is 2.32. The van der Waals surface area contributed by atoms with Crippen LogP contribution in [0.4, 0.5) is 4.39 Å². The van der Waals surface area contributed by atoms with Crippen LogP contribution in [0.15, 0.2) is 16.6 Å². The monoisotopic (exact) mass is 262 g/mol. The Morgan fingerprint density at radius 1 is 1.54 bits per heavy atom. The highest BCUT2D eigenvalue weighted by Crippen LogP contribution is 2.24. The maximum atomic E-state index is 13.1. The van der Waals surface area contributed by atoms with Crippen LogP contribution in [0.5, 0.6) is 0 Å². The fourth-order valence-electron chi connectivity index (χ4n) is 1.16. The second-order valence-electron chi connectivity index (χ2n) is 2.69. The Hall–Kier alpha value is -0.610. The zero-order valence-electron chi connectivity index (χ0n) is 6.68. The van der Waals surface area contributed by atoms with Gasteiger partial charge in [-0.15, -0.1) is 0 Å². The van der Waals surface area contributed by atoms with Gasteiger partial charge in [0.25, 0.3) is 0 Å². The van der Waals surface area contributed by atoms with Crippen molar-refractivity contribution < 1.29 is 4.39 Å². The van der Waals surface area contributed by atoms with Crippen LogP contribution in [0.3, 0.4) is 0 Å². The van der Waals surface area contributed by atoms with Gasteiger partial charge in [-0.25, -0.2) is 9.37 Å². The number of hydrogen-bond acceptors (Lipinski definition) is 1. The van der Waals surface area contributed by atoms with Crippen molar-refractivity contribution in [2.75, 3.05) is 0 Å². The third-order valence-electron chi connectivity index (χ3n) is 1.87. The average molecular weight is 263 g/mol. The van der Waals surface area contributed by atoms with Crippen molar-refractivity contribution in [3.63, 3.8) is 0 Å². The lowest BCUT2D eigenvalue weighted by atomic mass is 10.3. The van der Waals surface area contributed by atoms with Crippen molar-refractivity contribution in [3.05, 3.63) is 27.7 Å². The van der Waals surface area contributed by atoms with Crippen LogP contribution in [0, 0.1) is 5.82 Å². The maximum absolute atomic E-state index is 13.1. The summed E-state index contributed by atoms with van der Waals surface area (Å²) < 4.78 is 15.2. The van der Waals surface area contributed by atoms with E-state index in [1.54, 1.807) is 17.7 Å². The van der Waals surface area contributed by atoms with Crippen molar-refractivity contribution in [2.24, 2.45) is 7.05 Å². The number of aryl methyl sites for hydroxylation is 1. The van der Waals surface area contributed by atoms with Crippen LogP contribution in [0.1, 0.15) is 0 Å². The molecule has 0 aliphatic carbocycles. The van der Waals surface area contributed by atoms with E-state index in [4.69, 9.17) is 11.6 Å². The molecular weight excluding hydrogens is 258 g/mol. The Morgan fingerprint density at radius 2 is 2.23 bits per heavy atom. The molecule has 0 radical (unpaired) electrons. The molecule has 13 heavy (non-hydrogen) atoms. The lowest BCUT2D eigenvalue weighted by Gasteiger charge is -1.96. The molecule has 1 aromatic heterocycles. The van der Waals surface area contributed by atoms with Gasteiger partial charge in [0.05, 0.1) is 15.5 Å². The van der Waals surface area contributed by atoms with Crippen molar-refractivity contribution in [1.82, 2.24) is 9.55 Å². The molecule has 0 N–H and O–H groups in total. The third-order valence-corrected chi connectivity index (χ3v) is 2.81. The third kappa shape index (κ3) is 1.34. The summed E-state index contributed by atoms with van der Waals surface area (Å²) in [6.45, 7) is 0. The second-order valence-corrected chi connectivity index (χ2v) is 3.89. The summed E-state index contributed by atoms with van der Waals surface area (Å²) in [5.41, 5.74) is 1.37. The lowest BCUT2D eigenvalue weighted by Crippen LogP contribution is -1.87.